The van der Waals surface area contributed by atoms with Gasteiger partial charge in [0.2, 0.25) is 0 Å². The van der Waals surface area contributed by atoms with Gasteiger partial charge in [0.25, 0.3) is 0 Å². The Morgan fingerprint density at radius 1 is 1.04 bits per heavy atom. The Bertz CT molecular complexity index is 520. The van der Waals surface area contributed by atoms with Crippen molar-refractivity contribution < 1.29 is 4.74 Å². The van der Waals surface area contributed by atoms with E-state index in [0.717, 1.165) is 32.2 Å². The molecule has 0 spiro atoms. The Balaban J connectivity index is 2.66. The highest BCUT2D eigenvalue weighted by atomic mass is 16.5. The standard InChI is InChI=1S/C21H38N4O/c1-7-22-21(23-13-14-25(17(3)4)18(5)6)24-15-19-11-9-10-12-20(19)16-26-8-2/h9-12,17-18H,7-8,13-16H2,1-6H3,(H2,22,23,24). The van der Waals surface area contributed by atoms with E-state index in [-0.39, 0.29) is 0 Å². The first kappa shape index (κ1) is 22.5. The smallest absolute Gasteiger partial charge is 0.191 e. The van der Waals surface area contributed by atoms with Crippen LogP contribution < -0.4 is 10.6 Å². The fraction of sp³-hybridized carbons (Fsp3) is 0.667. The number of aliphatic imine (C=N–C) groups is 1. The highest BCUT2D eigenvalue weighted by molar-refractivity contribution is 5.79. The Hall–Kier alpha value is -1.59. The van der Waals surface area contributed by atoms with Crippen LogP contribution in [0.15, 0.2) is 29.3 Å². The summed E-state index contributed by atoms with van der Waals surface area (Å²) < 4.78 is 5.57. The summed E-state index contributed by atoms with van der Waals surface area (Å²) in [4.78, 5) is 7.24. The highest BCUT2D eigenvalue weighted by Crippen LogP contribution is 2.11. The van der Waals surface area contributed by atoms with Crippen LogP contribution in [0.3, 0.4) is 0 Å². The second-order valence-corrected chi connectivity index (χ2v) is 6.95. The van der Waals surface area contributed by atoms with Crippen LogP contribution in [0.1, 0.15) is 52.7 Å². The maximum absolute atomic E-state index is 5.57. The van der Waals surface area contributed by atoms with Gasteiger partial charge < -0.3 is 15.4 Å². The van der Waals surface area contributed by atoms with E-state index < -0.39 is 0 Å². The van der Waals surface area contributed by atoms with Gasteiger partial charge in [-0.25, -0.2) is 4.99 Å². The topological polar surface area (TPSA) is 48.9 Å². The monoisotopic (exact) mass is 362 g/mol. The summed E-state index contributed by atoms with van der Waals surface area (Å²) in [6.07, 6.45) is 0. The lowest BCUT2D eigenvalue weighted by Crippen LogP contribution is -2.45. The van der Waals surface area contributed by atoms with E-state index in [4.69, 9.17) is 9.73 Å². The summed E-state index contributed by atoms with van der Waals surface area (Å²) in [5.74, 6) is 0.867. The first-order valence-electron chi connectivity index (χ1n) is 9.91. The third-order valence-corrected chi connectivity index (χ3v) is 4.32. The zero-order valence-electron chi connectivity index (χ0n) is 17.5. The van der Waals surface area contributed by atoms with Gasteiger partial charge in [0, 0.05) is 38.3 Å². The molecule has 0 atom stereocenters. The van der Waals surface area contributed by atoms with Crippen molar-refractivity contribution in [3.8, 4) is 0 Å². The van der Waals surface area contributed by atoms with Crippen LogP contribution in [-0.2, 0) is 17.9 Å². The van der Waals surface area contributed by atoms with Crippen LogP contribution in [0.2, 0.25) is 0 Å². The number of nitrogens with one attached hydrogen (secondary N) is 2. The molecule has 0 aliphatic carbocycles. The molecule has 5 nitrogen and oxygen atoms in total. The minimum absolute atomic E-state index is 0.543. The fourth-order valence-corrected chi connectivity index (χ4v) is 2.99. The molecule has 0 unspecified atom stereocenters. The number of hydrogen-bond acceptors (Lipinski definition) is 3. The summed E-state index contributed by atoms with van der Waals surface area (Å²) in [5, 5.41) is 6.80. The van der Waals surface area contributed by atoms with E-state index in [0.29, 0.717) is 25.2 Å². The first-order chi connectivity index (χ1) is 12.5. The maximum atomic E-state index is 5.57. The largest absolute Gasteiger partial charge is 0.377 e. The van der Waals surface area contributed by atoms with Gasteiger partial charge in [0.05, 0.1) is 13.2 Å². The highest BCUT2D eigenvalue weighted by Gasteiger charge is 2.12. The van der Waals surface area contributed by atoms with Crippen LogP contribution in [0.25, 0.3) is 0 Å². The maximum Gasteiger partial charge on any atom is 0.191 e. The van der Waals surface area contributed by atoms with E-state index >= 15 is 0 Å². The molecule has 0 aliphatic heterocycles. The molecule has 1 rings (SSSR count). The van der Waals surface area contributed by atoms with Crippen LogP contribution in [0, 0.1) is 0 Å². The Kier molecular flexibility index (Phi) is 11.0. The van der Waals surface area contributed by atoms with Gasteiger partial charge in [0.1, 0.15) is 0 Å². The first-order valence-corrected chi connectivity index (χ1v) is 9.91. The molecule has 0 aromatic heterocycles. The number of benzene rings is 1. The predicted octanol–water partition coefficient (Wildman–Crippen LogP) is 3.40. The minimum Gasteiger partial charge on any atom is -0.377 e. The fourth-order valence-electron chi connectivity index (χ4n) is 2.99. The van der Waals surface area contributed by atoms with Crippen LogP contribution >= 0.6 is 0 Å². The summed E-state index contributed by atoms with van der Waals surface area (Å²) in [7, 11) is 0. The van der Waals surface area contributed by atoms with Gasteiger partial charge in [-0.3, -0.25) is 4.90 Å². The molecule has 0 bridgehead atoms. The lowest BCUT2D eigenvalue weighted by Gasteiger charge is -2.30. The molecule has 0 heterocycles. The molecular formula is C21H38N4O. The zero-order chi connectivity index (χ0) is 19.4. The molecule has 0 saturated heterocycles. The van der Waals surface area contributed by atoms with Crippen LogP contribution in [0.5, 0.6) is 0 Å². The number of nitrogens with zero attached hydrogens (tertiary/aromatic N) is 2. The van der Waals surface area contributed by atoms with Crippen LogP contribution in [-0.4, -0.2) is 49.2 Å². The van der Waals surface area contributed by atoms with Gasteiger partial charge in [-0.05, 0) is 52.7 Å². The van der Waals surface area contributed by atoms with Crippen molar-refractivity contribution in [2.75, 3.05) is 26.2 Å². The summed E-state index contributed by atoms with van der Waals surface area (Å²) >= 11 is 0. The van der Waals surface area contributed by atoms with Crippen LogP contribution in [0.4, 0.5) is 0 Å². The molecule has 5 heteroatoms. The number of ether oxygens (including phenoxy) is 1. The normalized spacial score (nSPS) is 12.3. The Morgan fingerprint density at radius 3 is 2.27 bits per heavy atom. The van der Waals surface area contributed by atoms with Crippen molar-refractivity contribution >= 4 is 5.96 Å². The molecule has 0 radical (unpaired) electrons. The average Bonchev–Trinajstić information content (AvgIpc) is 2.61. The SMILES string of the molecule is CCNC(=NCc1ccccc1COCC)NCCN(C(C)C)C(C)C. The van der Waals surface area contributed by atoms with Crippen molar-refractivity contribution in [3.63, 3.8) is 0 Å². The molecule has 0 saturated carbocycles. The molecule has 26 heavy (non-hydrogen) atoms. The number of rotatable bonds is 11. The van der Waals surface area contributed by atoms with Crippen molar-refractivity contribution in [1.82, 2.24) is 15.5 Å². The third kappa shape index (κ3) is 8.19. The van der Waals surface area contributed by atoms with Crippen molar-refractivity contribution in [2.24, 2.45) is 4.99 Å². The van der Waals surface area contributed by atoms with Crippen molar-refractivity contribution in [2.45, 2.75) is 66.8 Å². The number of guanidine groups is 1. The lowest BCUT2D eigenvalue weighted by atomic mass is 10.1. The molecule has 1 aromatic carbocycles. The second-order valence-electron chi connectivity index (χ2n) is 6.95. The quantitative estimate of drug-likeness (QED) is 0.468. The second kappa shape index (κ2) is 12.7. The Morgan fingerprint density at radius 2 is 1.69 bits per heavy atom. The Labute approximate surface area is 160 Å². The van der Waals surface area contributed by atoms with E-state index in [2.05, 4.69) is 74.4 Å². The van der Waals surface area contributed by atoms with E-state index in [1.807, 2.05) is 6.92 Å². The molecule has 0 fully saturated rings. The zero-order valence-corrected chi connectivity index (χ0v) is 17.5. The van der Waals surface area contributed by atoms with Gasteiger partial charge in [-0.2, -0.15) is 0 Å². The lowest BCUT2D eigenvalue weighted by molar-refractivity contribution is 0.133. The minimum atomic E-state index is 0.543. The van der Waals surface area contributed by atoms with E-state index in [1.54, 1.807) is 0 Å². The van der Waals surface area contributed by atoms with Gasteiger partial charge >= 0.3 is 0 Å². The predicted molar refractivity (Wildman–Crippen MR) is 112 cm³/mol. The van der Waals surface area contributed by atoms with E-state index in [1.165, 1.54) is 11.1 Å². The summed E-state index contributed by atoms with van der Waals surface area (Å²) in [6.45, 7) is 17.8. The molecule has 148 valence electrons. The van der Waals surface area contributed by atoms with Crippen molar-refractivity contribution in [3.05, 3.63) is 35.4 Å². The molecule has 2 N–H and O–H groups in total. The van der Waals surface area contributed by atoms with E-state index in [9.17, 15) is 0 Å². The van der Waals surface area contributed by atoms with Gasteiger partial charge in [0.15, 0.2) is 5.96 Å². The molecule has 1 aromatic rings. The van der Waals surface area contributed by atoms with Crippen molar-refractivity contribution in [1.29, 1.82) is 0 Å². The number of hydrogen-bond donors (Lipinski definition) is 2. The van der Waals surface area contributed by atoms with Gasteiger partial charge in [-0.15, -0.1) is 0 Å². The molecule has 0 amide bonds. The van der Waals surface area contributed by atoms with Gasteiger partial charge in [-0.1, -0.05) is 24.3 Å². The third-order valence-electron chi connectivity index (χ3n) is 4.32. The summed E-state index contributed by atoms with van der Waals surface area (Å²) in [6, 6.07) is 9.44. The average molecular weight is 363 g/mol. The molecular weight excluding hydrogens is 324 g/mol. The molecule has 0 aliphatic rings. The summed E-state index contributed by atoms with van der Waals surface area (Å²) in [5.41, 5.74) is 2.42.